The molecule has 0 aliphatic heterocycles. The maximum Gasteiger partial charge on any atom is 0.145 e. The Morgan fingerprint density at radius 1 is 0.818 bits per heavy atom. The van der Waals surface area contributed by atoms with Crippen molar-refractivity contribution in [3.63, 3.8) is 0 Å². The topological polar surface area (TPSA) is 31.4 Å². The first-order valence-corrected chi connectivity index (χ1v) is 7.24. The molecule has 3 rings (SSSR count). The number of rotatable bonds is 3. The van der Waals surface area contributed by atoms with E-state index in [1.54, 1.807) is 14.2 Å². The number of ether oxygens (including phenoxy) is 2. The Kier molecular flexibility index (Phi) is 3.72. The predicted molar refractivity (Wildman–Crippen MR) is 89.8 cm³/mol. The molecule has 0 fully saturated rings. The van der Waals surface area contributed by atoms with Crippen LogP contribution in [0.2, 0.25) is 0 Å². The molecule has 0 atom stereocenters. The summed E-state index contributed by atoms with van der Waals surface area (Å²) >= 11 is 0. The SMILES string of the molecule is COc1ccc(OC)c2c(-c3ccccc3)c(C)c(C)nc12. The van der Waals surface area contributed by atoms with Crippen LogP contribution in [0, 0.1) is 13.8 Å². The lowest BCUT2D eigenvalue weighted by Gasteiger charge is -2.17. The highest BCUT2D eigenvalue weighted by atomic mass is 16.5. The number of fused-ring (bicyclic) bond motifs is 1. The Bertz CT molecular complexity index is 826. The summed E-state index contributed by atoms with van der Waals surface area (Å²) in [5, 5.41) is 0.996. The van der Waals surface area contributed by atoms with Gasteiger partial charge in [-0.1, -0.05) is 30.3 Å². The van der Waals surface area contributed by atoms with Crippen LogP contribution in [0.25, 0.3) is 22.0 Å². The smallest absolute Gasteiger partial charge is 0.145 e. The molecule has 0 spiro atoms. The van der Waals surface area contributed by atoms with Crippen LogP contribution in [0.1, 0.15) is 11.3 Å². The molecule has 0 amide bonds. The van der Waals surface area contributed by atoms with Gasteiger partial charge in [-0.3, -0.25) is 0 Å². The monoisotopic (exact) mass is 293 g/mol. The molecule has 1 heterocycles. The van der Waals surface area contributed by atoms with Gasteiger partial charge in [-0.05, 0) is 42.7 Å². The van der Waals surface area contributed by atoms with Crippen LogP contribution >= 0.6 is 0 Å². The molecule has 0 unspecified atom stereocenters. The third kappa shape index (κ3) is 2.19. The first-order valence-electron chi connectivity index (χ1n) is 7.24. The van der Waals surface area contributed by atoms with Crippen molar-refractivity contribution >= 4 is 10.9 Å². The molecular weight excluding hydrogens is 274 g/mol. The fourth-order valence-electron chi connectivity index (χ4n) is 2.83. The van der Waals surface area contributed by atoms with Gasteiger partial charge in [-0.25, -0.2) is 4.98 Å². The zero-order valence-electron chi connectivity index (χ0n) is 13.3. The van der Waals surface area contributed by atoms with E-state index >= 15 is 0 Å². The summed E-state index contributed by atoms with van der Waals surface area (Å²) < 4.78 is 11.1. The van der Waals surface area contributed by atoms with E-state index in [9.17, 15) is 0 Å². The molecule has 22 heavy (non-hydrogen) atoms. The summed E-state index contributed by atoms with van der Waals surface area (Å²) in [5.41, 5.74) is 5.30. The quantitative estimate of drug-likeness (QED) is 0.710. The Balaban J connectivity index is 2.51. The second-order valence-electron chi connectivity index (χ2n) is 5.26. The van der Waals surface area contributed by atoms with E-state index < -0.39 is 0 Å². The highest BCUT2D eigenvalue weighted by molar-refractivity contribution is 6.03. The summed E-state index contributed by atoms with van der Waals surface area (Å²) in [6.45, 7) is 4.13. The number of benzene rings is 2. The van der Waals surface area contributed by atoms with Crippen LogP contribution in [0.3, 0.4) is 0 Å². The van der Waals surface area contributed by atoms with Gasteiger partial charge in [0, 0.05) is 5.69 Å². The summed E-state index contributed by atoms with van der Waals surface area (Å²) in [4.78, 5) is 4.74. The number of methoxy groups -OCH3 is 2. The molecule has 0 aliphatic rings. The van der Waals surface area contributed by atoms with Gasteiger partial charge < -0.3 is 9.47 Å². The maximum atomic E-state index is 5.59. The molecule has 3 aromatic rings. The van der Waals surface area contributed by atoms with Gasteiger partial charge in [0.2, 0.25) is 0 Å². The summed E-state index contributed by atoms with van der Waals surface area (Å²) in [5.74, 6) is 1.57. The van der Waals surface area contributed by atoms with E-state index in [4.69, 9.17) is 14.5 Å². The van der Waals surface area contributed by atoms with Gasteiger partial charge in [0.15, 0.2) is 0 Å². The molecule has 2 aromatic carbocycles. The lowest BCUT2D eigenvalue weighted by molar-refractivity contribution is 0.410. The van der Waals surface area contributed by atoms with Crippen molar-refractivity contribution in [2.24, 2.45) is 0 Å². The normalized spacial score (nSPS) is 10.7. The standard InChI is InChI=1S/C19H19NO2/c1-12-13(2)20-19-16(22-4)11-10-15(21-3)18(19)17(12)14-8-6-5-7-9-14/h5-11H,1-4H3. The van der Waals surface area contributed by atoms with E-state index in [0.717, 1.165) is 44.8 Å². The van der Waals surface area contributed by atoms with Crippen molar-refractivity contribution in [3.8, 4) is 22.6 Å². The number of hydrogen-bond donors (Lipinski definition) is 0. The van der Waals surface area contributed by atoms with E-state index in [0.29, 0.717) is 0 Å². The van der Waals surface area contributed by atoms with Crippen molar-refractivity contribution in [3.05, 3.63) is 53.7 Å². The van der Waals surface area contributed by atoms with Gasteiger partial charge in [-0.2, -0.15) is 0 Å². The fraction of sp³-hybridized carbons (Fsp3) is 0.211. The lowest BCUT2D eigenvalue weighted by Crippen LogP contribution is -1.99. The van der Waals surface area contributed by atoms with Crippen LogP contribution in [0.5, 0.6) is 11.5 Å². The number of nitrogens with zero attached hydrogens (tertiary/aromatic N) is 1. The Morgan fingerprint density at radius 2 is 1.45 bits per heavy atom. The van der Waals surface area contributed by atoms with Crippen molar-refractivity contribution in [2.45, 2.75) is 13.8 Å². The number of aromatic nitrogens is 1. The van der Waals surface area contributed by atoms with E-state index in [-0.39, 0.29) is 0 Å². The van der Waals surface area contributed by atoms with Gasteiger partial charge in [0.05, 0.1) is 19.6 Å². The molecule has 0 N–H and O–H groups in total. The van der Waals surface area contributed by atoms with E-state index in [1.165, 1.54) is 0 Å². The van der Waals surface area contributed by atoms with Gasteiger partial charge in [0.25, 0.3) is 0 Å². The van der Waals surface area contributed by atoms with Crippen molar-refractivity contribution in [2.75, 3.05) is 14.2 Å². The number of aryl methyl sites for hydroxylation is 1. The van der Waals surface area contributed by atoms with Crippen LogP contribution in [-0.2, 0) is 0 Å². The van der Waals surface area contributed by atoms with E-state index in [1.807, 2.05) is 37.3 Å². The third-order valence-electron chi connectivity index (χ3n) is 4.05. The highest BCUT2D eigenvalue weighted by Gasteiger charge is 2.18. The lowest BCUT2D eigenvalue weighted by atomic mass is 9.94. The van der Waals surface area contributed by atoms with Crippen LogP contribution in [0.15, 0.2) is 42.5 Å². The zero-order chi connectivity index (χ0) is 15.7. The largest absolute Gasteiger partial charge is 0.496 e. The molecule has 0 radical (unpaired) electrons. The van der Waals surface area contributed by atoms with Gasteiger partial charge in [-0.15, -0.1) is 0 Å². The summed E-state index contributed by atoms with van der Waals surface area (Å²) in [6.07, 6.45) is 0. The van der Waals surface area contributed by atoms with Crippen molar-refractivity contribution in [1.29, 1.82) is 0 Å². The molecule has 0 saturated heterocycles. The fourth-order valence-corrected chi connectivity index (χ4v) is 2.83. The molecule has 1 aromatic heterocycles. The average molecular weight is 293 g/mol. The number of hydrogen-bond acceptors (Lipinski definition) is 3. The second-order valence-corrected chi connectivity index (χ2v) is 5.26. The minimum Gasteiger partial charge on any atom is -0.496 e. The molecular formula is C19H19NO2. The third-order valence-corrected chi connectivity index (χ3v) is 4.05. The Labute approximate surface area is 130 Å². The molecule has 0 bridgehead atoms. The van der Waals surface area contributed by atoms with E-state index in [2.05, 4.69) is 19.1 Å². The Morgan fingerprint density at radius 3 is 2.09 bits per heavy atom. The summed E-state index contributed by atoms with van der Waals surface area (Å²) in [6, 6.07) is 14.2. The zero-order valence-corrected chi connectivity index (χ0v) is 13.3. The molecule has 3 nitrogen and oxygen atoms in total. The first kappa shape index (κ1) is 14.4. The predicted octanol–water partition coefficient (Wildman–Crippen LogP) is 4.54. The van der Waals surface area contributed by atoms with Crippen LogP contribution in [0.4, 0.5) is 0 Å². The number of pyridine rings is 1. The summed E-state index contributed by atoms with van der Waals surface area (Å²) in [7, 11) is 3.35. The van der Waals surface area contributed by atoms with Crippen LogP contribution < -0.4 is 9.47 Å². The highest BCUT2D eigenvalue weighted by Crippen LogP contribution is 2.41. The molecule has 0 saturated carbocycles. The Hall–Kier alpha value is -2.55. The minimum absolute atomic E-state index is 0.760. The van der Waals surface area contributed by atoms with Crippen molar-refractivity contribution in [1.82, 2.24) is 4.98 Å². The second kappa shape index (κ2) is 5.68. The molecule has 3 heteroatoms. The molecule has 0 aliphatic carbocycles. The van der Waals surface area contributed by atoms with Gasteiger partial charge >= 0.3 is 0 Å². The first-order chi connectivity index (χ1) is 10.7. The van der Waals surface area contributed by atoms with Gasteiger partial charge in [0.1, 0.15) is 17.0 Å². The maximum absolute atomic E-state index is 5.59. The molecule has 112 valence electrons. The van der Waals surface area contributed by atoms with Crippen molar-refractivity contribution < 1.29 is 9.47 Å². The average Bonchev–Trinajstić information content (AvgIpc) is 2.56. The van der Waals surface area contributed by atoms with Crippen LogP contribution in [-0.4, -0.2) is 19.2 Å². The minimum atomic E-state index is 0.760.